The monoisotopic (exact) mass is 720 g/mol. The molecule has 1 aliphatic carbocycles. The topological polar surface area (TPSA) is 8.17 Å². The predicted molar refractivity (Wildman–Crippen MR) is 239 cm³/mol. The van der Waals surface area contributed by atoms with E-state index in [4.69, 9.17) is 0 Å². The highest BCUT2D eigenvalue weighted by Gasteiger charge is 2.38. The lowest BCUT2D eigenvalue weighted by molar-refractivity contribution is 0.660. The van der Waals surface area contributed by atoms with Crippen LogP contribution in [0.25, 0.3) is 55.4 Å². The van der Waals surface area contributed by atoms with Crippen LogP contribution in [0.15, 0.2) is 176 Å². The zero-order chi connectivity index (χ0) is 38.0. The molecule has 56 heavy (non-hydrogen) atoms. The van der Waals surface area contributed by atoms with Crippen LogP contribution in [0, 0.1) is 6.92 Å². The summed E-state index contributed by atoms with van der Waals surface area (Å²) in [6.45, 7) is 6.97. The molecule has 0 fully saturated rings. The Balaban J connectivity index is 1.16. The van der Waals surface area contributed by atoms with Crippen LogP contribution < -0.4 is 4.90 Å². The lowest BCUT2D eigenvalue weighted by atomic mass is 9.81. The van der Waals surface area contributed by atoms with Crippen molar-refractivity contribution in [3.05, 3.63) is 209 Å². The molecular weight excluding hydrogens is 677 g/mol. The van der Waals surface area contributed by atoms with Crippen LogP contribution in [0.4, 0.5) is 17.1 Å². The molecular formula is C54H44N2. The van der Waals surface area contributed by atoms with Gasteiger partial charge in [-0.3, -0.25) is 0 Å². The van der Waals surface area contributed by atoms with Gasteiger partial charge in [0.2, 0.25) is 0 Å². The fourth-order valence-electron chi connectivity index (χ4n) is 9.25. The molecule has 0 aliphatic heterocycles. The van der Waals surface area contributed by atoms with Gasteiger partial charge < -0.3 is 9.47 Å². The fourth-order valence-corrected chi connectivity index (χ4v) is 9.25. The van der Waals surface area contributed by atoms with Crippen LogP contribution in [0.5, 0.6) is 0 Å². The molecule has 0 amide bonds. The first-order valence-electron chi connectivity index (χ1n) is 19.7. The molecule has 2 nitrogen and oxygen atoms in total. The van der Waals surface area contributed by atoms with Crippen molar-refractivity contribution < 1.29 is 0 Å². The largest absolute Gasteiger partial charge is 0.342 e. The van der Waals surface area contributed by atoms with Gasteiger partial charge in [0.05, 0.1) is 16.9 Å². The van der Waals surface area contributed by atoms with Gasteiger partial charge in [-0.05, 0) is 93.6 Å². The van der Waals surface area contributed by atoms with Crippen LogP contribution in [-0.2, 0) is 18.9 Å². The maximum atomic E-state index is 2.49. The minimum Gasteiger partial charge on any atom is -0.342 e. The first kappa shape index (κ1) is 33.9. The van der Waals surface area contributed by atoms with Gasteiger partial charge in [0, 0.05) is 39.8 Å². The number of hydrogen-bond acceptors (Lipinski definition) is 1. The molecule has 270 valence electrons. The fraction of sp³-hybridized carbons (Fsp3) is 0.111. The van der Waals surface area contributed by atoms with E-state index >= 15 is 0 Å². The minimum absolute atomic E-state index is 0.231. The smallest absolute Gasteiger partial charge is 0.0733 e. The summed E-state index contributed by atoms with van der Waals surface area (Å²) in [6, 6.07) is 64.9. The van der Waals surface area contributed by atoms with Crippen molar-refractivity contribution >= 4 is 61.3 Å². The number of aryl methyl sites for hydroxylation is 2. The normalized spacial score (nSPS) is 13.3. The number of anilines is 3. The van der Waals surface area contributed by atoms with Crippen molar-refractivity contribution in [3.8, 4) is 11.1 Å². The van der Waals surface area contributed by atoms with Crippen LogP contribution in [0.1, 0.15) is 47.2 Å². The number of hydrogen-bond donors (Lipinski definition) is 0. The highest BCUT2D eigenvalue weighted by molar-refractivity contribution is 6.16. The Morgan fingerprint density at radius 1 is 0.589 bits per heavy atom. The highest BCUT2D eigenvalue weighted by atomic mass is 15.2. The molecule has 0 radical (unpaired) electrons. The van der Waals surface area contributed by atoms with Crippen LogP contribution in [0.2, 0.25) is 0 Å². The summed E-state index contributed by atoms with van der Waals surface area (Å²) in [5.41, 5.74) is 17.5. The third-order valence-electron chi connectivity index (χ3n) is 12.1. The lowest BCUT2D eigenvalue weighted by Gasteiger charge is -2.30. The van der Waals surface area contributed by atoms with Gasteiger partial charge in [-0.25, -0.2) is 0 Å². The summed E-state index contributed by atoms with van der Waals surface area (Å²) >= 11 is 0. The van der Waals surface area contributed by atoms with Crippen molar-refractivity contribution in [1.29, 1.82) is 0 Å². The van der Waals surface area contributed by atoms with E-state index in [1.54, 1.807) is 0 Å². The van der Waals surface area contributed by atoms with Gasteiger partial charge in [-0.15, -0.1) is 0 Å². The molecule has 0 bridgehead atoms. The second-order valence-electron chi connectivity index (χ2n) is 15.9. The zero-order valence-electron chi connectivity index (χ0n) is 32.4. The molecule has 1 heterocycles. The number of fused-ring (bicyclic) bond motifs is 8. The van der Waals surface area contributed by atoms with E-state index in [-0.39, 0.29) is 5.41 Å². The van der Waals surface area contributed by atoms with E-state index in [1.807, 2.05) is 0 Å². The predicted octanol–water partition coefficient (Wildman–Crippen LogP) is 14.4. The molecule has 9 aromatic rings. The van der Waals surface area contributed by atoms with Gasteiger partial charge in [0.25, 0.3) is 0 Å². The molecule has 10 rings (SSSR count). The minimum atomic E-state index is -0.231. The van der Waals surface area contributed by atoms with Gasteiger partial charge >= 0.3 is 0 Å². The molecule has 0 N–H and O–H groups in total. The van der Waals surface area contributed by atoms with Crippen LogP contribution in [-0.4, -0.2) is 4.57 Å². The van der Waals surface area contributed by atoms with Gasteiger partial charge in [0.15, 0.2) is 0 Å². The van der Waals surface area contributed by atoms with Crippen molar-refractivity contribution in [3.63, 3.8) is 0 Å². The first-order chi connectivity index (χ1) is 27.4. The summed E-state index contributed by atoms with van der Waals surface area (Å²) in [6.07, 6.45) is 3.28. The zero-order valence-corrected chi connectivity index (χ0v) is 32.4. The Morgan fingerprint density at radius 2 is 1.25 bits per heavy atom. The van der Waals surface area contributed by atoms with Crippen molar-refractivity contribution in [2.45, 2.75) is 32.6 Å². The number of para-hydroxylation sites is 3. The molecule has 0 spiro atoms. The number of rotatable bonds is 7. The highest BCUT2D eigenvalue weighted by Crippen LogP contribution is 2.55. The van der Waals surface area contributed by atoms with Crippen LogP contribution >= 0.6 is 0 Å². The first-order valence-corrected chi connectivity index (χ1v) is 19.7. The Bertz CT molecular complexity index is 2960. The van der Waals surface area contributed by atoms with E-state index in [1.165, 1.54) is 94.0 Å². The van der Waals surface area contributed by atoms with Crippen molar-refractivity contribution in [1.82, 2.24) is 4.57 Å². The van der Waals surface area contributed by atoms with E-state index in [0.717, 1.165) is 12.1 Å². The van der Waals surface area contributed by atoms with E-state index in [0.29, 0.717) is 0 Å². The molecule has 2 heteroatoms. The van der Waals surface area contributed by atoms with E-state index < -0.39 is 0 Å². The van der Waals surface area contributed by atoms with Crippen molar-refractivity contribution in [2.24, 2.45) is 7.05 Å². The molecule has 1 aromatic heterocycles. The average Bonchev–Trinajstić information content (AvgIpc) is 3.66. The summed E-state index contributed by atoms with van der Waals surface area (Å²) < 4.78 is 2.36. The Kier molecular flexibility index (Phi) is 8.04. The second kappa shape index (κ2) is 13.3. The standard InChI is InChI=1S/C54H44N2/c1-36-26-28-37(29-27-36)32-40(39-16-7-5-8-17-39)33-38-30-31-46-47(34-38)54(2,3)48-35-51(42-20-11-12-22-44(42)52(46)48)56(41-18-9-6-10-19-41)50-25-15-23-45-43-21-13-14-24-49(43)55(4)53(45)50/h5-31,33-35H,32H2,1-4H3/b40-33-. The SMILES string of the molecule is Cc1ccc(C/C(=C/c2ccc3c(c2)C(C)(C)c2cc(N(c4ccccc4)c4cccc5c6ccccc6n(C)c45)c4ccccc4c2-3)c2ccccc2)cc1. The summed E-state index contributed by atoms with van der Waals surface area (Å²) in [5, 5.41) is 5.06. The Morgan fingerprint density at radius 3 is 2.02 bits per heavy atom. The third kappa shape index (κ3) is 5.47. The van der Waals surface area contributed by atoms with Gasteiger partial charge in [-0.1, -0.05) is 171 Å². The quantitative estimate of drug-likeness (QED) is 0.149. The molecule has 8 aromatic carbocycles. The Labute approximate surface area is 329 Å². The van der Waals surface area contributed by atoms with E-state index in [9.17, 15) is 0 Å². The summed E-state index contributed by atoms with van der Waals surface area (Å²) in [4.78, 5) is 2.49. The number of aromatic nitrogens is 1. The molecule has 0 saturated carbocycles. The average molecular weight is 721 g/mol. The molecule has 0 saturated heterocycles. The van der Waals surface area contributed by atoms with E-state index in [2.05, 4.69) is 219 Å². The maximum Gasteiger partial charge on any atom is 0.0733 e. The van der Waals surface area contributed by atoms with Crippen molar-refractivity contribution in [2.75, 3.05) is 4.90 Å². The number of allylic oxidation sites excluding steroid dienone is 1. The summed E-state index contributed by atoms with van der Waals surface area (Å²) in [7, 11) is 2.20. The van der Waals surface area contributed by atoms with Gasteiger partial charge in [-0.2, -0.15) is 0 Å². The lowest BCUT2D eigenvalue weighted by Crippen LogP contribution is -2.17. The van der Waals surface area contributed by atoms with Gasteiger partial charge in [0.1, 0.15) is 0 Å². The van der Waals surface area contributed by atoms with Crippen LogP contribution in [0.3, 0.4) is 0 Å². The number of nitrogens with zero attached hydrogens (tertiary/aromatic N) is 2. The Hall–Kier alpha value is -6.64. The third-order valence-corrected chi connectivity index (χ3v) is 12.1. The molecule has 0 atom stereocenters. The summed E-state index contributed by atoms with van der Waals surface area (Å²) in [5.74, 6) is 0. The maximum absolute atomic E-state index is 2.49. The molecule has 0 unspecified atom stereocenters. The number of benzene rings is 8. The molecule has 1 aliphatic rings. The second-order valence-corrected chi connectivity index (χ2v) is 15.9.